The molecule has 1 rings (SSSR count). The minimum Gasteiger partial charge on any atom is -0.322 e. The summed E-state index contributed by atoms with van der Waals surface area (Å²) in [6, 6.07) is 8.25. The van der Waals surface area contributed by atoms with Gasteiger partial charge in [0.2, 0.25) is 0 Å². The molecule has 1 aromatic rings. The van der Waals surface area contributed by atoms with Crippen molar-refractivity contribution in [3.05, 3.63) is 28.2 Å². The fourth-order valence-electron chi connectivity index (χ4n) is 1.47. The largest absolute Gasteiger partial charge is 0.322 e. The zero-order valence-corrected chi connectivity index (χ0v) is 12.1. The molecule has 0 radical (unpaired) electrons. The number of carbonyl (C=O) groups excluding carboxylic acids is 1. The summed E-state index contributed by atoms with van der Waals surface area (Å²) in [7, 11) is 0. The Hall–Kier alpha value is -1.95. The average Bonchev–Trinajstić information content (AvgIpc) is 2.42. The third-order valence-corrected chi connectivity index (χ3v) is 2.99. The topological polar surface area (TPSA) is 79.9 Å². The third kappa shape index (κ3) is 4.97. The molecule has 0 saturated carbocycles. The highest BCUT2D eigenvalue weighted by Crippen LogP contribution is 2.25. The number of nitrogens with one attached hydrogen (secondary N) is 1. The number of nitrogens with zero attached hydrogens (tertiary/aromatic N) is 3. The van der Waals surface area contributed by atoms with Gasteiger partial charge < -0.3 is 10.2 Å². The van der Waals surface area contributed by atoms with Crippen molar-refractivity contribution in [1.29, 1.82) is 10.5 Å². The lowest BCUT2D eigenvalue weighted by Gasteiger charge is -2.21. The molecule has 0 aliphatic rings. The van der Waals surface area contributed by atoms with Gasteiger partial charge in [-0.05, 0) is 18.2 Å². The summed E-state index contributed by atoms with van der Waals surface area (Å²) in [6.07, 6.45) is 0.403. The van der Waals surface area contributed by atoms with E-state index in [-0.39, 0.29) is 25.9 Å². The molecule has 0 fully saturated rings. The van der Waals surface area contributed by atoms with Gasteiger partial charge in [0.05, 0.1) is 35.7 Å². The lowest BCUT2D eigenvalue weighted by Crippen LogP contribution is -2.36. The summed E-state index contributed by atoms with van der Waals surface area (Å²) < 4.78 is 0. The Bertz CT molecular complexity index is 544. The smallest absolute Gasteiger partial charge is 0.321 e. The molecule has 2 amide bonds. The fraction of sp³-hybridized carbons (Fsp3) is 0.308. The molecule has 0 unspecified atom stereocenters. The van der Waals surface area contributed by atoms with Crippen molar-refractivity contribution < 1.29 is 4.79 Å². The number of hydrogen-bond donors (Lipinski definition) is 1. The fourth-order valence-corrected chi connectivity index (χ4v) is 1.93. The van der Waals surface area contributed by atoms with Gasteiger partial charge in [0.15, 0.2) is 0 Å². The van der Waals surface area contributed by atoms with Crippen molar-refractivity contribution in [1.82, 2.24) is 4.90 Å². The number of hydrogen-bond acceptors (Lipinski definition) is 3. The van der Waals surface area contributed by atoms with Crippen molar-refractivity contribution in [2.75, 3.05) is 18.4 Å². The van der Waals surface area contributed by atoms with E-state index in [0.29, 0.717) is 15.7 Å². The van der Waals surface area contributed by atoms with E-state index in [4.69, 9.17) is 33.7 Å². The van der Waals surface area contributed by atoms with E-state index in [9.17, 15) is 4.79 Å². The molecule has 20 heavy (non-hydrogen) atoms. The second kappa shape index (κ2) is 8.27. The van der Waals surface area contributed by atoms with Gasteiger partial charge in [-0.2, -0.15) is 10.5 Å². The number of benzene rings is 1. The maximum atomic E-state index is 12.1. The minimum absolute atomic E-state index is 0.202. The van der Waals surface area contributed by atoms with Crippen molar-refractivity contribution in [2.45, 2.75) is 12.8 Å². The van der Waals surface area contributed by atoms with Gasteiger partial charge in [0.25, 0.3) is 0 Å². The molecule has 0 saturated heterocycles. The molecular formula is C13H12Cl2N4O. The van der Waals surface area contributed by atoms with Crippen molar-refractivity contribution in [2.24, 2.45) is 0 Å². The Balaban J connectivity index is 2.74. The van der Waals surface area contributed by atoms with Crippen LogP contribution in [0.3, 0.4) is 0 Å². The first kappa shape index (κ1) is 16.1. The van der Waals surface area contributed by atoms with Crippen molar-refractivity contribution in [3.8, 4) is 12.1 Å². The first-order valence-electron chi connectivity index (χ1n) is 5.83. The molecule has 1 aromatic carbocycles. The number of anilines is 1. The Morgan fingerprint density at radius 3 is 2.30 bits per heavy atom. The van der Waals surface area contributed by atoms with Crippen LogP contribution >= 0.6 is 23.2 Å². The molecule has 104 valence electrons. The first-order chi connectivity index (χ1) is 9.58. The normalized spacial score (nSPS) is 9.40. The van der Waals surface area contributed by atoms with E-state index in [1.807, 2.05) is 12.1 Å². The van der Waals surface area contributed by atoms with Crippen LogP contribution in [0.15, 0.2) is 18.2 Å². The molecule has 0 aliphatic heterocycles. The number of urea groups is 1. The van der Waals surface area contributed by atoms with Gasteiger partial charge >= 0.3 is 6.03 Å². The molecule has 0 bridgehead atoms. The first-order valence-corrected chi connectivity index (χ1v) is 6.59. The summed E-state index contributed by atoms with van der Waals surface area (Å²) in [5, 5.41) is 20.6. The molecule has 7 heteroatoms. The molecule has 0 spiro atoms. The second-order valence-electron chi connectivity index (χ2n) is 3.86. The van der Waals surface area contributed by atoms with Crippen LogP contribution in [-0.2, 0) is 0 Å². The van der Waals surface area contributed by atoms with Gasteiger partial charge in [-0.25, -0.2) is 4.79 Å². The van der Waals surface area contributed by atoms with Crippen LogP contribution in [0.25, 0.3) is 0 Å². The molecule has 5 nitrogen and oxygen atoms in total. The van der Waals surface area contributed by atoms with E-state index in [0.717, 1.165) is 0 Å². The van der Waals surface area contributed by atoms with E-state index in [2.05, 4.69) is 5.32 Å². The highest BCUT2D eigenvalue weighted by Gasteiger charge is 2.14. The van der Waals surface area contributed by atoms with Gasteiger partial charge in [-0.15, -0.1) is 0 Å². The lowest BCUT2D eigenvalue weighted by atomic mass is 10.3. The predicted molar refractivity (Wildman–Crippen MR) is 77.5 cm³/mol. The number of amides is 2. The SMILES string of the molecule is N#CCCN(CCC#N)C(=O)Nc1ccc(Cl)cc1Cl. The van der Waals surface area contributed by atoms with Crippen LogP contribution in [0.2, 0.25) is 10.0 Å². The Labute approximate surface area is 127 Å². The van der Waals surface area contributed by atoms with Crippen LogP contribution in [-0.4, -0.2) is 24.0 Å². The quantitative estimate of drug-likeness (QED) is 0.901. The van der Waals surface area contributed by atoms with E-state index in [1.54, 1.807) is 12.1 Å². The third-order valence-electron chi connectivity index (χ3n) is 2.45. The minimum atomic E-state index is -0.403. The monoisotopic (exact) mass is 310 g/mol. The molecule has 0 aromatic heterocycles. The number of halogens is 2. The molecule has 0 aliphatic carbocycles. The highest BCUT2D eigenvalue weighted by atomic mass is 35.5. The second-order valence-corrected chi connectivity index (χ2v) is 4.70. The van der Waals surface area contributed by atoms with Crippen LogP contribution in [0, 0.1) is 22.7 Å². The predicted octanol–water partition coefficient (Wildman–Crippen LogP) is 3.65. The number of carbonyl (C=O) groups is 1. The summed E-state index contributed by atoms with van der Waals surface area (Å²) in [5.41, 5.74) is 0.431. The Morgan fingerprint density at radius 2 is 1.80 bits per heavy atom. The van der Waals surface area contributed by atoms with E-state index >= 15 is 0 Å². The van der Waals surface area contributed by atoms with Gasteiger partial charge in [0, 0.05) is 18.1 Å². The molecule has 0 heterocycles. The summed E-state index contributed by atoms with van der Waals surface area (Å²) in [4.78, 5) is 13.5. The van der Waals surface area contributed by atoms with Gasteiger partial charge in [-0.3, -0.25) is 0 Å². The van der Waals surface area contributed by atoms with Crippen molar-refractivity contribution in [3.63, 3.8) is 0 Å². The van der Waals surface area contributed by atoms with Crippen molar-refractivity contribution >= 4 is 34.9 Å². The Kier molecular flexibility index (Phi) is 6.66. The zero-order valence-electron chi connectivity index (χ0n) is 10.6. The highest BCUT2D eigenvalue weighted by molar-refractivity contribution is 6.36. The van der Waals surface area contributed by atoms with Gasteiger partial charge in [0.1, 0.15) is 0 Å². The van der Waals surface area contributed by atoms with Crippen LogP contribution in [0.1, 0.15) is 12.8 Å². The summed E-state index contributed by atoms with van der Waals surface area (Å²) in [5.74, 6) is 0. The molecule has 1 N–H and O–H groups in total. The zero-order chi connectivity index (χ0) is 15.0. The van der Waals surface area contributed by atoms with E-state index < -0.39 is 6.03 Å². The van der Waals surface area contributed by atoms with E-state index in [1.165, 1.54) is 11.0 Å². The van der Waals surface area contributed by atoms with Crippen LogP contribution in [0.4, 0.5) is 10.5 Å². The van der Waals surface area contributed by atoms with Crippen LogP contribution < -0.4 is 5.32 Å². The standard InChI is InChI=1S/C13H12Cl2N4O/c14-10-3-4-12(11(15)9-10)18-13(20)19(7-1-5-16)8-2-6-17/h3-4,9H,1-2,7-8H2,(H,18,20). The maximum Gasteiger partial charge on any atom is 0.321 e. The van der Waals surface area contributed by atoms with Crippen LogP contribution in [0.5, 0.6) is 0 Å². The average molecular weight is 311 g/mol. The number of nitriles is 2. The lowest BCUT2D eigenvalue weighted by molar-refractivity contribution is 0.214. The summed E-state index contributed by atoms with van der Waals surface area (Å²) >= 11 is 11.7. The van der Waals surface area contributed by atoms with Gasteiger partial charge in [-0.1, -0.05) is 23.2 Å². The Morgan fingerprint density at radius 1 is 1.20 bits per heavy atom. The maximum absolute atomic E-state index is 12.1. The summed E-state index contributed by atoms with van der Waals surface area (Å²) in [6.45, 7) is 0.518. The molecule has 0 atom stereocenters. The molecular weight excluding hydrogens is 299 g/mol. The number of rotatable bonds is 5.